The van der Waals surface area contributed by atoms with Crippen molar-refractivity contribution in [2.24, 2.45) is 11.3 Å². The van der Waals surface area contributed by atoms with Crippen molar-refractivity contribution >= 4 is 11.7 Å². The van der Waals surface area contributed by atoms with E-state index in [4.69, 9.17) is 5.84 Å². The van der Waals surface area contributed by atoms with Crippen molar-refractivity contribution in [3.8, 4) is 0 Å². The summed E-state index contributed by atoms with van der Waals surface area (Å²) >= 11 is 0. The molecule has 1 aliphatic rings. The molecule has 1 fully saturated rings. The van der Waals surface area contributed by atoms with Gasteiger partial charge in [-0.2, -0.15) is 0 Å². The molecular formula is C14H21FN4O. The maximum atomic E-state index is 13.9. The van der Waals surface area contributed by atoms with E-state index < -0.39 is 11.7 Å². The number of rotatable bonds is 4. The zero-order valence-corrected chi connectivity index (χ0v) is 11.7. The first-order valence-electron chi connectivity index (χ1n) is 6.95. The van der Waals surface area contributed by atoms with Crippen molar-refractivity contribution in [2.75, 3.05) is 12.0 Å². The van der Waals surface area contributed by atoms with Crippen LogP contribution in [0.1, 0.15) is 49.4 Å². The lowest BCUT2D eigenvalue weighted by Crippen LogP contribution is -2.37. The van der Waals surface area contributed by atoms with Crippen LogP contribution in [0, 0.1) is 11.2 Å². The van der Waals surface area contributed by atoms with Gasteiger partial charge in [0.2, 0.25) is 0 Å². The van der Waals surface area contributed by atoms with E-state index in [9.17, 15) is 9.18 Å². The van der Waals surface area contributed by atoms with Gasteiger partial charge in [0.25, 0.3) is 5.91 Å². The Hall–Kier alpha value is -1.69. The van der Waals surface area contributed by atoms with Crippen LogP contribution in [0.2, 0.25) is 0 Å². The third-order valence-electron chi connectivity index (χ3n) is 4.01. The van der Waals surface area contributed by atoms with Crippen LogP contribution in [0.4, 0.5) is 10.2 Å². The molecule has 0 aromatic carbocycles. The Balaban J connectivity index is 2.01. The second-order valence-electron chi connectivity index (χ2n) is 5.72. The molecule has 1 heterocycles. The molecule has 4 N–H and O–H groups in total. The van der Waals surface area contributed by atoms with Crippen LogP contribution in [0.3, 0.4) is 0 Å². The van der Waals surface area contributed by atoms with E-state index in [0.717, 1.165) is 12.8 Å². The predicted molar refractivity (Wildman–Crippen MR) is 75.5 cm³/mol. The summed E-state index contributed by atoms with van der Waals surface area (Å²) in [6, 6.07) is 1.36. The summed E-state index contributed by atoms with van der Waals surface area (Å²) in [5.41, 5.74) is 2.22. The number of carbonyl (C=O) groups is 1. The lowest BCUT2D eigenvalue weighted by Gasteiger charge is -2.33. The van der Waals surface area contributed by atoms with Gasteiger partial charge in [-0.3, -0.25) is 4.79 Å². The number of hydrogen-bond donors (Lipinski definition) is 3. The van der Waals surface area contributed by atoms with E-state index in [0.29, 0.717) is 6.54 Å². The summed E-state index contributed by atoms with van der Waals surface area (Å²) in [4.78, 5) is 15.8. The van der Waals surface area contributed by atoms with Crippen molar-refractivity contribution in [3.05, 3.63) is 23.6 Å². The lowest BCUT2D eigenvalue weighted by atomic mass is 9.76. The zero-order valence-electron chi connectivity index (χ0n) is 11.7. The summed E-state index contributed by atoms with van der Waals surface area (Å²) < 4.78 is 13.9. The quantitative estimate of drug-likeness (QED) is 0.583. The fraction of sp³-hybridized carbons (Fsp3) is 0.571. The number of aromatic nitrogens is 1. The van der Waals surface area contributed by atoms with Gasteiger partial charge in [0, 0.05) is 12.7 Å². The number of amides is 1. The fourth-order valence-electron chi connectivity index (χ4n) is 2.69. The minimum atomic E-state index is -0.721. The van der Waals surface area contributed by atoms with Gasteiger partial charge in [-0.15, -0.1) is 0 Å². The van der Waals surface area contributed by atoms with Gasteiger partial charge < -0.3 is 10.7 Å². The van der Waals surface area contributed by atoms with Gasteiger partial charge in [0.1, 0.15) is 0 Å². The molecule has 0 atom stereocenters. The summed E-state index contributed by atoms with van der Waals surface area (Å²) in [7, 11) is 0. The maximum Gasteiger partial charge on any atom is 0.254 e. The highest BCUT2D eigenvalue weighted by atomic mass is 19.1. The van der Waals surface area contributed by atoms with Gasteiger partial charge in [-0.25, -0.2) is 15.2 Å². The number of hydrazine groups is 1. The monoisotopic (exact) mass is 280 g/mol. The molecule has 0 radical (unpaired) electrons. The van der Waals surface area contributed by atoms with E-state index in [1.165, 1.54) is 31.5 Å². The van der Waals surface area contributed by atoms with Crippen LogP contribution in [-0.4, -0.2) is 17.4 Å². The number of hydrogen-bond acceptors (Lipinski definition) is 4. The molecule has 0 aliphatic heterocycles. The first-order chi connectivity index (χ1) is 9.56. The molecule has 1 aromatic rings. The Labute approximate surface area is 118 Å². The minimum Gasteiger partial charge on any atom is -0.351 e. The van der Waals surface area contributed by atoms with Crippen molar-refractivity contribution in [1.82, 2.24) is 10.3 Å². The molecular weight excluding hydrogens is 259 g/mol. The third kappa shape index (κ3) is 3.25. The molecule has 1 amide bonds. The van der Waals surface area contributed by atoms with Gasteiger partial charge in [0.15, 0.2) is 11.6 Å². The van der Waals surface area contributed by atoms with E-state index >= 15 is 0 Å². The number of nitrogens with one attached hydrogen (secondary N) is 2. The Kier molecular flexibility index (Phi) is 4.54. The summed E-state index contributed by atoms with van der Waals surface area (Å²) in [6.45, 7) is 2.74. The van der Waals surface area contributed by atoms with Crippen molar-refractivity contribution in [2.45, 2.75) is 39.0 Å². The number of pyridine rings is 1. The summed E-state index contributed by atoms with van der Waals surface area (Å²) in [5, 5.41) is 2.83. The zero-order chi connectivity index (χ0) is 14.6. The van der Waals surface area contributed by atoms with Gasteiger partial charge in [-0.05, 0) is 24.3 Å². The molecule has 110 valence electrons. The number of nitrogen functional groups attached to an aromatic ring is 1. The van der Waals surface area contributed by atoms with Gasteiger partial charge in [-0.1, -0.05) is 26.2 Å². The first kappa shape index (κ1) is 14.7. The highest BCUT2D eigenvalue weighted by Crippen LogP contribution is 2.35. The molecule has 0 unspecified atom stereocenters. The van der Waals surface area contributed by atoms with Crippen molar-refractivity contribution in [3.63, 3.8) is 0 Å². The molecule has 1 aliphatic carbocycles. The maximum absolute atomic E-state index is 13.9. The average Bonchev–Trinajstić information content (AvgIpc) is 2.46. The molecule has 0 bridgehead atoms. The van der Waals surface area contributed by atoms with Crippen LogP contribution in [0.25, 0.3) is 0 Å². The van der Waals surface area contributed by atoms with Crippen LogP contribution in [0.5, 0.6) is 0 Å². The molecule has 0 spiro atoms. The Morgan fingerprint density at radius 2 is 2.15 bits per heavy atom. The van der Waals surface area contributed by atoms with Gasteiger partial charge in [0.05, 0.1) is 5.56 Å². The molecule has 20 heavy (non-hydrogen) atoms. The van der Waals surface area contributed by atoms with E-state index in [1.807, 2.05) is 0 Å². The van der Waals surface area contributed by atoms with Crippen molar-refractivity contribution < 1.29 is 9.18 Å². The Bertz CT molecular complexity index is 486. The molecule has 0 saturated heterocycles. The second kappa shape index (κ2) is 6.17. The highest BCUT2D eigenvalue weighted by Gasteiger charge is 2.27. The summed E-state index contributed by atoms with van der Waals surface area (Å²) in [6.07, 6.45) is 7.20. The SMILES string of the molecule is CC1(CNC(=O)c2ccnc(NN)c2F)CCCCC1. The highest BCUT2D eigenvalue weighted by molar-refractivity contribution is 5.95. The standard InChI is InChI=1S/C14H21FN4O/c1-14(6-3-2-4-7-14)9-18-13(20)10-5-8-17-12(19-16)11(10)15/h5,8H,2-4,6-7,9,16H2,1H3,(H,17,19)(H,18,20). The van der Waals surface area contributed by atoms with E-state index in [-0.39, 0.29) is 16.8 Å². The third-order valence-corrected chi connectivity index (χ3v) is 4.01. The minimum absolute atomic E-state index is 0.0349. The Morgan fingerprint density at radius 1 is 1.45 bits per heavy atom. The number of halogens is 1. The number of carbonyl (C=O) groups excluding carboxylic acids is 1. The molecule has 5 nitrogen and oxygen atoms in total. The predicted octanol–water partition coefficient (Wildman–Crippen LogP) is 2.21. The van der Waals surface area contributed by atoms with Gasteiger partial charge >= 0.3 is 0 Å². The molecule has 2 rings (SSSR count). The Morgan fingerprint density at radius 3 is 2.80 bits per heavy atom. The van der Waals surface area contributed by atoms with Crippen LogP contribution >= 0.6 is 0 Å². The number of nitrogens with two attached hydrogens (primary N) is 1. The van der Waals surface area contributed by atoms with Crippen LogP contribution in [-0.2, 0) is 0 Å². The molecule has 6 heteroatoms. The van der Waals surface area contributed by atoms with Crippen molar-refractivity contribution in [1.29, 1.82) is 0 Å². The van der Waals surface area contributed by atoms with Crippen LogP contribution < -0.4 is 16.6 Å². The largest absolute Gasteiger partial charge is 0.351 e. The lowest BCUT2D eigenvalue weighted by molar-refractivity contribution is 0.0915. The summed E-state index contributed by atoms with van der Waals surface area (Å²) in [5.74, 6) is 3.88. The smallest absolute Gasteiger partial charge is 0.254 e. The second-order valence-corrected chi connectivity index (χ2v) is 5.72. The first-order valence-corrected chi connectivity index (χ1v) is 6.95. The van der Waals surface area contributed by atoms with E-state index in [2.05, 4.69) is 22.7 Å². The molecule has 1 aromatic heterocycles. The van der Waals surface area contributed by atoms with E-state index in [1.54, 1.807) is 0 Å². The number of anilines is 1. The number of nitrogens with zero attached hydrogens (tertiary/aromatic N) is 1. The topological polar surface area (TPSA) is 80.0 Å². The normalized spacial score (nSPS) is 17.6. The molecule has 1 saturated carbocycles. The fourth-order valence-corrected chi connectivity index (χ4v) is 2.69. The van der Waals surface area contributed by atoms with Crippen LogP contribution in [0.15, 0.2) is 12.3 Å². The average molecular weight is 280 g/mol.